The van der Waals surface area contributed by atoms with Crippen molar-refractivity contribution >= 4 is 5.91 Å². The zero-order valence-corrected chi connectivity index (χ0v) is 18.1. The molecule has 0 fully saturated rings. The van der Waals surface area contributed by atoms with E-state index in [1.165, 1.54) is 32.1 Å². The van der Waals surface area contributed by atoms with E-state index in [-0.39, 0.29) is 5.91 Å². The van der Waals surface area contributed by atoms with Crippen LogP contribution < -0.4 is 11.1 Å². The van der Waals surface area contributed by atoms with E-state index in [1.54, 1.807) is 0 Å². The average Bonchev–Trinajstić information content (AvgIpc) is 2.60. The van der Waals surface area contributed by atoms with E-state index < -0.39 is 0 Å². The standard InChI is InChI=1S/C7H16N2O.C5H12.C4H10.2C2H6/c1-2-3-6-9-7(10)4-5-8;1-3-5-4-2;1-3-4-2;2*1-2/h2-6,8H2,1H3,(H,9,10);3-5H2,1-2H3;3-4H2,1-2H3;2*1-2H3. The molecule has 0 saturated carbocycles. The summed E-state index contributed by atoms with van der Waals surface area (Å²) >= 11 is 0. The van der Waals surface area contributed by atoms with Crippen LogP contribution in [0.3, 0.4) is 0 Å². The number of unbranched alkanes of at least 4 members (excludes halogenated alkanes) is 4. The van der Waals surface area contributed by atoms with E-state index in [0.717, 1.165) is 19.4 Å². The van der Waals surface area contributed by atoms with Crippen LogP contribution in [0.5, 0.6) is 0 Å². The van der Waals surface area contributed by atoms with Crippen molar-refractivity contribution in [3.05, 3.63) is 0 Å². The summed E-state index contributed by atoms with van der Waals surface area (Å²) in [6, 6.07) is 0. The molecule has 0 rings (SSSR count). The molecule has 0 radical (unpaired) electrons. The first-order valence-corrected chi connectivity index (χ1v) is 10.1. The van der Waals surface area contributed by atoms with E-state index in [9.17, 15) is 4.79 Å². The van der Waals surface area contributed by atoms with Gasteiger partial charge in [0.05, 0.1) is 0 Å². The summed E-state index contributed by atoms with van der Waals surface area (Å²) in [5.74, 6) is 0.0657. The molecule has 3 heteroatoms. The van der Waals surface area contributed by atoms with Gasteiger partial charge in [0.25, 0.3) is 0 Å². The van der Waals surface area contributed by atoms with Crippen molar-refractivity contribution in [3.63, 3.8) is 0 Å². The number of carbonyl (C=O) groups is 1. The largest absolute Gasteiger partial charge is 0.356 e. The second-order valence-electron chi connectivity index (χ2n) is 4.60. The molecule has 3 N–H and O–H groups in total. The number of hydrogen-bond donors (Lipinski definition) is 2. The molecule has 0 aliphatic heterocycles. The number of hydrogen-bond acceptors (Lipinski definition) is 2. The van der Waals surface area contributed by atoms with E-state index in [4.69, 9.17) is 5.73 Å². The molecule has 23 heavy (non-hydrogen) atoms. The fourth-order valence-corrected chi connectivity index (χ4v) is 0.978. The third-order valence-corrected chi connectivity index (χ3v) is 2.43. The maximum atomic E-state index is 10.7. The highest BCUT2D eigenvalue weighted by Crippen LogP contribution is 1.88. The van der Waals surface area contributed by atoms with Gasteiger partial charge in [-0.1, -0.05) is 101 Å². The first-order valence-electron chi connectivity index (χ1n) is 10.1. The molecule has 146 valence electrons. The summed E-state index contributed by atoms with van der Waals surface area (Å²) in [6.45, 7) is 20.1. The number of amides is 1. The number of nitrogens with two attached hydrogens (primary N) is 1. The minimum atomic E-state index is 0.0657. The van der Waals surface area contributed by atoms with Crippen molar-refractivity contribution in [2.45, 2.75) is 114 Å². The first kappa shape index (κ1) is 33.9. The predicted octanol–water partition coefficient (Wildman–Crippen LogP) is 6.31. The lowest BCUT2D eigenvalue weighted by atomic mass is 10.3. The second-order valence-corrected chi connectivity index (χ2v) is 4.60. The van der Waals surface area contributed by atoms with E-state index in [1.807, 2.05) is 27.7 Å². The number of carbonyl (C=O) groups excluding carboxylic acids is 1. The van der Waals surface area contributed by atoms with Crippen LogP contribution in [0.2, 0.25) is 0 Å². The van der Waals surface area contributed by atoms with Crippen molar-refractivity contribution < 1.29 is 4.79 Å². The zero-order valence-electron chi connectivity index (χ0n) is 18.1. The molecule has 0 aliphatic carbocycles. The molecule has 0 bridgehead atoms. The third-order valence-electron chi connectivity index (χ3n) is 2.43. The van der Waals surface area contributed by atoms with Crippen LogP contribution >= 0.6 is 0 Å². The molecule has 0 aromatic carbocycles. The molecule has 0 unspecified atom stereocenters. The highest BCUT2D eigenvalue weighted by molar-refractivity contribution is 5.75. The Labute approximate surface area is 149 Å². The normalized spacial score (nSPS) is 7.74. The van der Waals surface area contributed by atoms with Crippen molar-refractivity contribution in [1.82, 2.24) is 5.32 Å². The minimum absolute atomic E-state index is 0.0657. The van der Waals surface area contributed by atoms with Gasteiger partial charge in [-0.3, -0.25) is 4.79 Å². The quantitative estimate of drug-likeness (QED) is 0.511. The van der Waals surface area contributed by atoms with Crippen molar-refractivity contribution in [1.29, 1.82) is 0 Å². The van der Waals surface area contributed by atoms with Crippen molar-refractivity contribution in [2.24, 2.45) is 5.73 Å². The molecular weight excluding hydrogens is 284 g/mol. The highest BCUT2D eigenvalue weighted by Gasteiger charge is 1.95. The lowest BCUT2D eigenvalue weighted by Crippen LogP contribution is -2.26. The van der Waals surface area contributed by atoms with Gasteiger partial charge in [-0.15, -0.1) is 0 Å². The van der Waals surface area contributed by atoms with Crippen molar-refractivity contribution in [3.8, 4) is 0 Å². The molecule has 0 atom stereocenters. The average molecular weight is 335 g/mol. The van der Waals surface area contributed by atoms with Gasteiger partial charge in [-0.25, -0.2) is 0 Å². The summed E-state index contributed by atoms with van der Waals surface area (Å²) in [5, 5.41) is 2.77. The van der Waals surface area contributed by atoms with Crippen LogP contribution in [0.4, 0.5) is 0 Å². The van der Waals surface area contributed by atoms with Gasteiger partial charge in [0, 0.05) is 19.5 Å². The fourth-order valence-electron chi connectivity index (χ4n) is 0.978. The Morgan fingerprint density at radius 3 is 1.35 bits per heavy atom. The van der Waals surface area contributed by atoms with Gasteiger partial charge in [-0.2, -0.15) is 0 Å². The van der Waals surface area contributed by atoms with Crippen LogP contribution in [0.1, 0.15) is 114 Å². The predicted molar refractivity (Wildman–Crippen MR) is 110 cm³/mol. The molecule has 0 heterocycles. The molecule has 1 amide bonds. The molecule has 0 aromatic heterocycles. The number of rotatable bonds is 8. The lowest BCUT2D eigenvalue weighted by molar-refractivity contribution is -0.120. The molecule has 0 saturated heterocycles. The number of nitrogens with one attached hydrogen (secondary N) is 1. The Bertz CT molecular complexity index is 147. The maximum Gasteiger partial charge on any atom is 0.221 e. The van der Waals surface area contributed by atoms with Gasteiger partial charge in [0.15, 0.2) is 0 Å². The van der Waals surface area contributed by atoms with Crippen molar-refractivity contribution in [2.75, 3.05) is 13.1 Å². The summed E-state index contributed by atoms with van der Waals surface area (Å²) in [4.78, 5) is 10.7. The Morgan fingerprint density at radius 2 is 1.13 bits per heavy atom. The monoisotopic (exact) mass is 334 g/mol. The van der Waals surface area contributed by atoms with Gasteiger partial charge in [0.2, 0.25) is 5.91 Å². The summed E-state index contributed by atoms with van der Waals surface area (Å²) in [6.07, 6.45) is 9.33. The third kappa shape index (κ3) is 74.4. The summed E-state index contributed by atoms with van der Waals surface area (Å²) in [5.41, 5.74) is 5.17. The molecule has 0 spiro atoms. The fraction of sp³-hybridized carbons (Fsp3) is 0.950. The van der Waals surface area contributed by atoms with Gasteiger partial charge >= 0.3 is 0 Å². The Hall–Kier alpha value is -0.570. The van der Waals surface area contributed by atoms with Crippen LogP contribution in [-0.4, -0.2) is 19.0 Å². The topological polar surface area (TPSA) is 55.1 Å². The molecular formula is C20H50N2O. The summed E-state index contributed by atoms with van der Waals surface area (Å²) in [7, 11) is 0. The SMILES string of the molecule is CC.CC.CCCC.CCCCC.CCCCNC(=O)CCN. The maximum absolute atomic E-state index is 10.7. The smallest absolute Gasteiger partial charge is 0.221 e. The van der Waals surface area contributed by atoms with Crippen LogP contribution in [0, 0.1) is 0 Å². The Kier molecular flexibility index (Phi) is 73.1. The Morgan fingerprint density at radius 1 is 0.739 bits per heavy atom. The summed E-state index contributed by atoms with van der Waals surface area (Å²) < 4.78 is 0. The highest BCUT2D eigenvalue weighted by atomic mass is 16.1. The van der Waals surface area contributed by atoms with Crippen LogP contribution in [0.15, 0.2) is 0 Å². The van der Waals surface area contributed by atoms with E-state index in [2.05, 4.69) is 39.9 Å². The second kappa shape index (κ2) is 49.6. The van der Waals surface area contributed by atoms with Crippen LogP contribution in [-0.2, 0) is 4.79 Å². The molecule has 0 aromatic rings. The van der Waals surface area contributed by atoms with Gasteiger partial charge < -0.3 is 11.1 Å². The zero-order chi connectivity index (χ0) is 19.4. The minimum Gasteiger partial charge on any atom is -0.356 e. The van der Waals surface area contributed by atoms with E-state index >= 15 is 0 Å². The lowest BCUT2D eigenvalue weighted by Gasteiger charge is -2.00. The van der Waals surface area contributed by atoms with Gasteiger partial charge in [-0.05, 0) is 6.42 Å². The molecule has 0 aliphatic rings. The van der Waals surface area contributed by atoms with Gasteiger partial charge in [0.1, 0.15) is 0 Å². The first-order chi connectivity index (χ1) is 11.1. The van der Waals surface area contributed by atoms with E-state index in [0.29, 0.717) is 13.0 Å². The molecule has 3 nitrogen and oxygen atoms in total. The Balaban J connectivity index is -0.0000000701. The van der Waals surface area contributed by atoms with Crippen LogP contribution in [0.25, 0.3) is 0 Å².